The SMILES string of the molecule is COC(=O)[C@]1(C)CCC[C@]2(C)c3ccc(C(C)C)cc3C(=O)C(=O)[C@@]12O. The van der Waals surface area contributed by atoms with Gasteiger partial charge in [0.2, 0.25) is 11.6 Å². The number of esters is 1. The van der Waals surface area contributed by atoms with Crippen molar-refractivity contribution in [2.24, 2.45) is 5.41 Å². The lowest BCUT2D eigenvalue weighted by molar-refractivity contribution is -0.196. The van der Waals surface area contributed by atoms with Crippen molar-refractivity contribution >= 4 is 17.5 Å². The number of hydrogen-bond donors (Lipinski definition) is 1. The Morgan fingerprint density at radius 2 is 1.85 bits per heavy atom. The van der Waals surface area contributed by atoms with Crippen LogP contribution in [-0.2, 0) is 19.7 Å². The maximum Gasteiger partial charge on any atom is 0.314 e. The summed E-state index contributed by atoms with van der Waals surface area (Å²) in [7, 11) is 1.24. The summed E-state index contributed by atoms with van der Waals surface area (Å²) in [5.74, 6) is -2.07. The molecule has 0 aliphatic heterocycles. The van der Waals surface area contributed by atoms with Crippen LogP contribution in [0.25, 0.3) is 0 Å². The minimum atomic E-state index is -2.12. The third kappa shape index (κ3) is 2.04. The molecule has 1 saturated carbocycles. The fraction of sp³-hybridized carbons (Fsp3) is 0.571. The molecule has 5 heteroatoms. The average Bonchev–Trinajstić information content (AvgIpc) is 2.62. The Morgan fingerprint density at radius 1 is 1.19 bits per heavy atom. The predicted octanol–water partition coefficient (Wildman–Crippen LogP) is 2.93. The van der Waals surface area contributed by atoms with Crippen molar-refractivity contribution < 1.29 is 24.2 Å². The largest absolute Gasteiger partial charge is 0.469 e. The van der Waals surface area contributed by atoms with E-state index < -0.39 is 34.0 Å². The van der Waals surface area contributed by atoms with E-state index in [1.54, 1.807) is 13.0 Å². The van der Waals surface area contributed by atoms with Crippen LogP contribution in [0, 0.1) is 5.41 Å². The quantitative estimate of drug-likeness (QED) is 0.649. The third-order valence-electron chi connectivity index (χ3n) is 6.67. The van der Waals surface area contributed by atoms with Gasteiger partial charge in [0, 0.05) is 11.0 Å². The van der Waals surface area contributed by atoms with Crippen molar-refractivity contribution in [3.63, 3.8) is 0 Å². The van der Waals surface area contributed by atoms with Crippen molar-refractivity contribution in [3.05, 3.63) is 34.9 Å². The molecular weight excluding hydrogens is 332 g/mol. The Balaban J connectivity index is 2.31. The Bertz CT molecular complexity index is 811. The van der Waals surface area contributed by atoms with Gasteiger partial charge < -0.3 is 9.84 Å². The van der Waals surface area contributed by atoms with Gasteiger partial charge in [0.05, 0.1) is 7.11 Å². The fourth-order valence-corrected chi connectivity index (χ4v) is 4.95. The lowest BCUT2D eigenvalue weighted by atomic mass is 9.46. The molecule has 1 fully saturated rings. The minimum Gasteiger partial charge on any atom is -0.469 e. The van der Waals surface area contributed by atoms with Gasteiger partial charge in [-0.25, -0.2) is 0 Å². The molecule has 0 saturated heterocycles. The Morgan fingerprint density at radius 3 is 2.42 bits per heavy atom. The van der Waals surface area contributed by atoms with E-state index >= 15 is 0 Å². The van der Waals surface area contributed by atoms with Gasteiger partial charge in [0.15, 0.2) is 5.60 Å². The maximum absolute atomic E-state index is 13.2. The molecular formula is C21H26O5. The van der Waals surface area contributed by atoms with E-state index in [9.17, 15) is 19.5 Å². The lowest BCUT2D eigenvalue weighted by Gasteiger charge is -2.57. The van der Waals surface area contributed by atoms with Crippen LogP contribution in [0.3, 0.4) is 0 Å². The van der Waals surface area contributed by atoms with Crippen LogP contribution in [-0.4, -0.2) is 35.4 Å². The number of ketones is 2. The molecule has 0 spiro atoms. The summed E-state index contributed by atoms with van der Waals surface area (Å²) in [6, 6.07) is 5.53. The Hall–Kier alpha value is -2.01. The monoisotopic (exact) mass is 358 g/mol. The van der Waals surface area contributed by atoms with Crippen molar-refractivity contribution in [3.8, 4) is 0 Å². The number of aliphatic hydroxyl groups is 1. The molecule has 3 atom stereocenters. The molecule has 5 nitrogen and oxygen atoms in total. The van der Waals surface area contributed by atoms with E-state index in [4.69, 9.17) is 4.74 Å². The van der Waals surface area contributed by atoms with Gasteiger partial charge in [0.1, 0.15) is 5.41 Å². The molecule has 3 rings (SSSR count). The molecule has 1 aromatic carbocycles. The standard InChI is InChI=1S/C21H26O5/c1-12(2)13-7-8-15-14(11-13)16(22)17(23)21(25)19(15,3)9-6-10-20(21,4)18(24)26-5/h7-8,11-12,25H,6,9-10H2,1-5H3/t19-,20+,21+/m1/s1. The zero-order valence-electron chi connectivity index (χ0n) is 16.0. The van der Waals surface area contributed by atoms with E-state index in [-0.39, 0.29) is 5.92 Å². The normalized spacial score (nSPS) is 33.7. The van der Waals surface area contributed by atoms with Crippen LogP contribution < -0.4 is 0 Å². The zero-order chi connectivity index (χ0) is 19.5. The van der Waals surface area contributed by atoms with Gasteiger partial charge in [-0.3, -0.25) is 14.4 Å². The number of benzene rings is 1. The van der Waals surface area contributed by atoms with Gasteiger partial charge in [-0.05, 0) is 42.9 Å². The Kier molecular flexibility index (Phi) is 4.15. The summed E-state index contributed by atoms with van der Waals surface area (Å²) in [5.41, 5.74) is -2.65. The second kappa shape index (κ2) is 5.74. The van der Waals surface area contributed by atoms with Gasteiger partial charge in [-0.2, -0.15) is 0 Å². The molecule has 2 aliphatic rings. The van der Waals surface area contributed by atoms with Gasteiger partial charge in [0.25, 0.3) is 0 Å². The van der Waals surface area contributed by atoms with E-state index in [1.807, 2.05) is 26.0 Å². The van der Waals surface area contributed by atoms with E-state index in [0.29, 0.717) is 30.4 Å². The van der Waals surface area contributed by atoms with Gasteiger partial charge >= 0.3 is 5.97 Å². The number of carbonyl (C=O) groups is 3. The molecule has 0 radical (unpaired) electrons. The van der Waals surface area contributed by atoms with Crippen molar-refractivity contribution in [2.45, 2.75) is 63.9 Å². The van der Waals surface area contributed by atoms with Crippen LogP contribution in [0.1, 0.15) is 74.4 Å². The molecule has 1 N–H and O–H groups in total. The third-order valence-corrected chi connectivity index (χ3v) is 6.67. The number of rotatable bonds is 2. The van der Waals surface area contributed by atoms with E-state index in [0.717, 1.165) is 5.56 Å². The molecule has 2 aliphatic carbocycles. The summed E-state index contributed by atoms with van der Waals surface area (Å²) >= 11 is 0. The molecule has 0 bridgehead atoms. The highest BCUT2D eigenvalue weighted by molar-refractivity contribution is 6.48. The number of Topliss-reactive ketones (excluding diaryl/α,β-unsaturated/α-hetero) is 2. The van der Waals surface area contributed by atoms with Gasteiger partial charge in [-0.15, -0.1) is 0 Å². The molecule has 1 aromatic rings. The smallest absolute Gasteiger partial charge is 0.314 e. The summed E-state index contributed by atoms with van der Waals surface area (Å²) in [5, 5.41) is 11.7. The maximum atomic E-state index is 13.2. The number of fused-ring (bicyclic) bond motifs is 3. The summed E-state index contributed by atoms with van der Waals surface area (Å²) in [6.45, 7) is 7.36. The number of hydrogen-bond acceptors (Lipinski definition) is 5. The second-order valence-electron chi connectivity index (χ2n) is 8.34. The van der Waals surface area contributed by atoms with Crippen LogP contribution in [0.4, 0.5) is 0 Å². The number of carbonyl (C=O) groups excluding carboxylic acids is 3. The molecule has 0 aromatic heterocycles. The van der Waals surface area contributed by atoms with Crippen LogP contribution in [0.5, 0.6) is 0 Å². The molecule has 26 heavy (non-hydrogen) atoms. The number of methoxy groups -OCH3 is 1. The first-order valence-corrected chi connectivity index (χ1v) is 9.09. The predicted molar refractivity (Wildman–Crippen MR) is 96.1 cm³/mol. The van der Waals surface area contributed by atoms with Crippen molar-refractivity contribution in [2.75, 3.05) is 7.11 Å². The summed E-state index contributed by atoms with van der Waals surface area (Å²) in [6.07, 6.45) is 1.46. The molecule has 0 amide bonds. The minimum absolute atomic E-state index is 0.212. The highest BCUT2D eigenvalue weighted by atomic mass is 16.5. The van der Waals surface area contributed by atoms with Crippen LogP contribution in [0.15, 0.2) is 18.2 Å². The summed E-state index contributed by atoms with van der Waals surface area (Å²) in [4.78, 5) is 38.6. The molecule has 0 unspecified atom stereocenters. The first kappa shape index (κ1) is 18.8. The Labute approximate surface area is 153 Å². The van der Waals surface area contributed by atoms with Crippen molar-refractivity contribution in [1.82, 2.24) is 0 Å². The van der Waals surface area contributed by atoms with E-state index in [2.05, 4.69) is 0 Å². The molecule has 0 heterocycles. The summed E-state index contributed by atoms with van der Waals surface area (Å²) < 4.78 is 4.91. The second-order valence-corrected chi connectivity index (χ2v) is 8.34. The molecule has 140 valence electrons. The first-order valence-electron chi connectivity index (χ1n) is 9.09. The van der Waals surface area contributed by atoms with E-state index in [1.165, 1.54) is 14.0 Å². The average molecular weight is 358 g/mol. The van der Waals surface area contributed by atoms with Gasteiger partial charge in [-0.1, -0.05) is 39.3 Å². The zero-order valence-corrected chi connectivity index (χ0v) is 16.0. The van der Waals surface area contributed by atoms with Crippen LogP contribution in [0.2, 0.25) is 0 Å². The van der Waals surface area contributed by atoms with Crippen LogP contribution >= 0.6 is 0 Å². The topological polar surface area (TPSA) is 80.7 Å². The number of ether oxygens (including phenoxy) is 1. The lowest BCUT2D eigenvalue weighted by Crippen LogP contribution is -2.72. The fourth-order valence-electron chi connectivity index (χ4n) is 4.95. The highest BCUT2D eigenvalue weighted by Gasteiger charge is 2.72. The first-order chi connectivity index (χ1) is 12.0. The van der Waals surface area contributed by atoms with Crippen molar-refractivity contribution in [1.29, 1.82) is 0 Å². The highest BCUT2D eigenvalue weighted by Crippen LogP contribution is 2.59.